The predicted octanol–water partition coefficient (Wildman–Crippen LogP) is 4.17. The van der Waals surface area contributed by atoms with E-state index in [0.717, 1.165) is 18.3 Å². The van der Waals surface area contributed by atoms with Crippen molar-refractivity contribution in [2.75, 3.05) is 16.4 Å². The van der Waals surface area contributed by atoms with Crippen molar-refractivity contribution in [3.63, 3.8) is 0 Å². The molecule has 0 fully saturated rings. The number of sulfone groups is 1. The van der Waals surface area contributed by atoms with Gasteiger partial charge in [-0.3, -0.25) is 0 Å². The Balaban J connectivity index is 1.94. The highest BCUT2D eigenvalue weighted by Crippen LogP contribution is 2.42. The van der Waals surface area contributed by atoms with E-state index in [2.05, 4.69) is 20.6 Å². The van der Waals surface area contributed by atoms with Gasteiger partial charge in [0.05, 0.1) is 39.3 Å². The largest absolute Gasteiger partial charge is 0.433 e. The first-order valence-corrected chi connectivity index (χ1v) is 10.8. The number of alkyl halides is 6. The van der Waals surface area contributed by atoms with E-state index in [1.165, 1.54) is 24.6 Å². The van der Waals surface area contributed by atoms with Gasteiger partial charge in [0.1, 0.15) is 11.5 Å². The second-order valence-electron chi connectivity index (χ2n) is 7.11. The Bertz CT molecular complexity index is 1330. The van der Waals surface area contributed by atoms with Crippen molar-refractivity contribution in [2.45, 2.75) is 30.3 Å². The molecule has 7 nitrogen and oxygen atoms in total. The number of imidazole rings is 1. The van der Waals surface area contributed by atoms with Crippen LogP contribution in [0.5, 0.6) is 0 Å². The van der Waals surface area contributed by atoms with Gasteiger partial charge >= 0.3 is 12.4 Å². The zero-order chi connectivity index (χ0) is 23.6. The van der Waals surface area contributed by atoms with Gasteiger partial charge in [-0.25, -0.2) is 18.4 Å². The molecule has 0 aliphatic carbocycles. The first-order valence-electron chi connectivity index (χ1n) is 9.13. The highest BCUT2D eigenvalue weighted by Gasteiger charge is 2.44. The second-order valence-corrected chi connectivity index (χ2v) is 9.36. The minimum atomic E-state index is -4.71. The molecule has 1 aliphatic heterocycles. The van der Waals surface area contributed by atoms with Crippen LogP contribution in [-0.4, -0.2) is 41.0 Å². The molecule has 0 saturated heterocycles. The Morgan fingerprint density at radius 1 is 1.06 bits per heavy atom. The topological polar surface area (TPSA) is 88.9 Å². The Morgan fingerprint density at radius 3 is 2.25 bits per heavy atom. The maximum absolute atomic E-state index is 13.1. The lowest BCUT2D eigenvalue weighted by Crippen LogP contribution is -2.38. The van der Waals surface area contributed by atoms with Gasteiger partial charge in [0.2, 0.25) is 0 Å². The van der Waals surface area contributed by atoms with E-state index in [0.29, 0.717) is 0 Å². The van der Waals surface area contributed by atoms with Crippen LogP contribution in [0.4, 0.5) is 37.7 Å². The molecule has 32 heavy (non-hydrogen) atoms. The molecule has 0 spiro atoms. The number of halogens is 6. The number of fused-ring (bicyclic) bond motifs is 2. The number of nitrogens with zero attached hydrogens (tertiary/aromatic N) is 3. The molecule has 1 aromatic carbocycles. The number of benzene rings is 1. The normalized spacial score (nSPS) is 16.7. The summed E-state index contributed by atoms with van der Waals surface area (Å²) in [5.41, 5.74) is -1.21. The summed E-state index contributed by atoms with van der Waals surface area (Å²) in [6.07, 6.45) is -10.5. The quantitative estimate of drug-likeness (QED) is 0.549. The van der Waals surface area contributed by atoms with E-state index in [4.69, 9.17) is 0 Å². The number of rotatable bonds is 3. The summed E-state index contributed by atoms with van der Waals surface area (Å²) in [6.45, 7) is 1.37. The summed E-state index contributed by atoms with van der Waals surface area (Å²) in [6, 6.07) is 2.98. The third kappa shape index (κ3) is 3.61. The van der Waals surface area contributed by atoms with Gasteiger partial charge in [0.15, 0.2) is 16.0 Å². The summed E-state index contributed by atoms with van der Waals surface area (Å²) in [7, 11) is -2.49. The summed E-state index contributed by atoms with van der Waals surface area (Å²) < 4.78 is 105. The van der Waals surface area contributed by atoms with Crippen molar-refractivity contribution in [1.29, 1.82) is 0 Å². The van der Waals surface area contributed by atoms with Gasteiger partial charge < -0.3 is 15.2 Å². The van der Waals surface area contributed by atoms with Crippen LogP contribution in [0.3, 0.4) is 0 Å². The smallest absolute Gasteiger partial charge is 0.356 e. The van der Waals surface area contributed by atoms with Crippen molar-refractivity contribution in [2.24, 2.45) is 7.05 Å². The third-order valence-electron chi connectivity index (χ3n) is 5.06. The number of nitrogens with one attached hydrogen (secondary N) is 2. The van der Waals surface area contributed by atoms with Crippen LogP contribution < -0.4 is 10.6 Å². The van der Waals surface area contributed by atoms with E-state index in [1.807, 2.05) is 0 Å². The number of hydrogen-bond donors (Lipinski definition) is 2. The third-order valence-corrected chi connectivity index (χ3v) is 6.83. The van der Waals surface area contributed by atoms with Crippen LogP contribution in [0.2, 0.25) is 0 Å². The zero-order valence-electron chi connectivity index (χ0n) is 16.4. The highest BCUT2D eigenvalue weighted by atomic mass is 32.2. The lowest BCUT2D eigenvalue weighted by Gasteiger charge is -2.15. The molecule has 3 aromatic rings. The van der Waals surface area contributed by atoms with Gasteiger partial charge in [-0.05, 0) is 18.2 Å². The second kappa shape index (κ2) is 6.98. The first-order chi connectivity index (χ1) is 14.7. The van der Waals surface area contributed by atoms with Gasteiger partial charge in [-0.2, -0.15) is 26.3 Å². The first kappa shape index (κ1) is 22.2. The Labute approximate surface area is 177 Å². The molecule has 0 radical (unpaired) electrons. The van der Waals surface area contributed by atoms with E-state index in [1.54, 1.807) is 0 Å². The molecule has 1 atom stereocenters. The van der Waals surface area contributed by atoms with Gasteiger partial charge in [0, 0.05) is 12.6 Å². The molecule has 0 amide bonds. The molecule has 0 saturated carbocycles. The SMILES string of the molecule is CCS(=O)(=O)c1cc2c(cc1-c1nc3cc(C(F)(F)F)ncc3n1C)NC(C(F)(F)F)N2. The van der Waals surface area contributed by atoms with E-state index in [9.17, 15) is 34.8 Å². The summed E-state index contributed by atoms with van der Waals surface area (Å²) in [4.78, 5) is 7.23. The van der Waals surface area contributed by atoms with Gasteiger partial charge in [-0.15, -0.1) is 0 Å². The van der Waals surface area contributed by atoms with Crippen molar-refractivity contribution in [3.05, 3.63) is 30.1 Å². The van der Waals surface area contributed by atoms with Crippen LogP contribution in [-0.2, 0) is 23.1 Å². The zero-order valence-corrected chi connectivity index (χ0v) is 17.2. The summed E-state index contributed by atoms with van der Waals surface area (Å²) >= 11 is 0. The molecule has 4 rings (SSSR count). The minimum absolute atomic E-state index is 0.0152. The van der Waals surface area contributed by atoms with E-state index < -0.39 is 34.0 Å². The Morgan fingerprint density at radius 2 is 1.69 bits per heavy atom. The highest BCUT2D eigenvalue weighted by molar-refractivity contribution is 7.91. The molecule has 1 unspecified atom stereocenters. The molecule has 3 heterocycles. The Hall–Kier alpha value is -3.03. The van der Waals surface area contributed by atoms with Crippen LogP contribution in [0.25, 0.3) is 22.4 Å². The summed E-state index contributed by atoms with van der Waals surface area (Å²) in [5.74, 6) is -0.383. The lowest BCUT2D eigenvalue weighted by atomic mass is 10.1. The van der Waals surface area contributed by atoms with Crippen LogP contribution in [0.15, 0.2) is 29.3 Å². The van der Waals surface area contributed by atoms with Crippen LogP contribution >= 0.6 is 0 Å². The fourth-order valence-electron chi connectivity index (χ4n) is 3.40. The van der Waals surface area contributed by atoms with Gasteiger partial charge in [-0.1, -0.05) is 6.92 Å². The molecule has 14 heteroatoms. The molecular weight excluding hydrogens is 464 g/mol. The molecule has 0 bridgehead atoms. The molecule has 2 aromatic heterocycles. The van der Waals surface area contributed by atoms with E-state index >= 15 is 0 Å². The van der Waals surface area contributed by atoms with Crippen molar-refractivity contribution < 1.29 is 34.8 Å². The number of aryl methyl sites for hydroxylation is 1. The van der Waals surface area contributed by atoms with Gasteiger partial charge in [0.25, 0.3) is 0 Å². The standard InChI is InChI=1S/C18H15F6N5O2S/c1-3-32(30,31)13-5-10-9(27-16(28-10)18(22,23)24)4-8(13)15-26-11-6-14(17(19,20)21)25-7-12(11)29(15)2/h4-7,16,27-28H,3H2,1-2H3. The van der Waals surface area contributed by atoms with E-state index in [-0.39, 0.29) is 44.4 Å². The number of hydrogen-bond acceptors (Lipinski definition) is 6. The summed E-state index contributed by atoms with van der Waals surface area (Å²) in [5, 5.41) is 4.43. The molecular formula is C18H15F6N5O2S. The van der Waals surface area contributed by atoms with Crippen molar-refractivity contribution in [1.82, 2.24) is 14.5 Å². The maximum Gasteiger partial charge on any atom is 0.433 e. The number of anilines is 2. The Kier molecular flexibility index (Phi) is 4.84. The molecule has 2 N–H and O–H groups in total. The van der Waals surface area contributed by atoms with Crippen molar-refractivity contribution >= 4 is 32.2 Å². The number of aromatic nitrogens is 3. The maximum atomic E-state index is 13.1. The fraction of sp³-hybridized carbons (Fsp3) is 0.333. The predicted molar refractivity (Wildman–Crippen MR) is 104 cm³/mol. The van der Waals surface area contributed by atoms with Crippen LogP contribution in [0, 0.1) is 0 Å². The van der Waals surface area contributed by atoms with Crippen LogP contribution in [0.1, 0.15) is 12.6 Å². The minimum Gasteiger partial charge on any atom is -0.356 e. The van der Waals surface area contributed by atoms with Crippen molar-refractivity contribution in [3.8, 4) is 11.4 Å². The average Bonchev–Trinajstić information content (AvgIpc) is 3.27. The average molecular weight is 479 g/mol. The lowest BCUT2D eigenvalue weighted by molar-refractivity contribution is -0.141. The molecule has 172 valence electrons. The number of pyridine rings is 1. The fourth-order valence-corrected chi connectivity index (χ4v) is 4.50. The molecule has 1 aliphatic rings. The monoisotopic (exact) mass is 479 g/mol.